The molecule has 5 rings (SSSR count). The maximum atomic E-state index is 3.71. The molecule has 0 aliphatic carbocycles. The van der Waals surface area contributed by atoms with Crippen LogP contribution < -0.4 is 4.90 Å². The highest BCUT2D eigenvalue weighted by atomic mass is 79.9. The van der Waals surface area contributed by atoms with Crippen molar-refractivity contribution in [2.75, 3.05) is 4.90 Å². The van der Waals surface area contributed by atoms with Crippen molar-refractivity contribution in [3.63, 3.8) is 0 Å². The maximum absolute atomic E-state index is 3.71. The molecule has 1 atom stereocenters. The number of anilines is 3. The molecule has 1 heterocycles. The molecule has 1 nitrogen and oxygen atoms in total. The van der Waals surface area contributed by atoms with Crippen LogP contribution in [0.1, 0.15) is 23.6 Å². The average molecular weight is 426 g/mol. The van der Waals surface area contributed by atoms with E-state index in [9.17, 15) is 0 Å². The molecule has 1 aliphatic rings. The molecule has 0 fully saturated rings. The topological polar surface area (TPSA) is 3.24 Å². The van der Waals surface area contributed by atoms with Gasteiger partial charge < -0.3 is 4.90 Å². The molecule has 2 heteroatoms. The first-order chi connectivity index (χ1) is 13.7. The van der Waals surface area contributed by atoms with E-state index in [-0.39, 0.29) is 5.41 Å². The molecule has 0 spiro atoms. The highest BCUT2D eigenvalue weighted by Gasteiger charge is 2.41. The van der Waals surface area contributed by atoms with E-state index in [4.69, 9.17) is 0 Å². The van der Waals surface area contributed by atoms with E-state index in [0.29, 0.717) is 0 Å². The van der Waals surface area contributed by atoms with Crippen molar-refractivity contribution in [1.29, 1.82) is 0 Å². The summed E-state index contributed by atoms with van der Waals surface area (Å²) in [7, 11) is 0. The van der Waals surface area contributed by atoms with Crippen LogP contribution in [-0.2, 0) is 5.41 Å². The van der Waals surface area contributed by atoms with Crippen LogP contribution in [0.15, 0.2) is 108 Å². The summed E-state index contributed by atoms with van der Waals surface area (Å²) in [4.78, 5) is 2.38. The van der Waals surface area contributed by atoms with E-state index in [0.717, 1.165) is 4.47 Å². The predicted octanol–water partition coefficient (Wildman–Crippen LogP) is 7.59. The van der Waals surface area contributed by atoms with Crippen LogP contribution in [0.2, 0.25) is 0 Å². The number of fused-ring (bicyclic) bond motifs is 2. The number of benzene rings is 4. The molecule has 0 aromatic heterocycles. The van der Waals surface area contributed by atoms with Crippen LogP contribution >= 0.6 is 15.9 Å². The molecule has 0 radical (unpaired) electrons. The molecule has 28 heavy (non-hydrogen) atoms. The molecule has 1 aliphatic heterocycles. The van der Waals surface area contributed by atoms with Gasteiger partial charge in [0.2, 0.25) is 0 Å². The van der Waals surface area contributed by atoms with Crippen molar-refractivity contribution < 1.29 is 0 Å². The van der Waals surface area contributed by atoms with Crippen molar-refractivity contribution >= 4 is 33.0 Å². The molecule has 4 aromatic rings. The van der Waals surface area contributed by atoms with Gasteiger partial charge in [-0.1, -0.05) is 82.7 Å². The van der Waals surface area contributed by atoms with Gasteiger partial charge in [-0.05, 0) is 60.0 Å². The molecular formula is C26H20BrN. The molecule has 4 aromatic carbocycles. The molecule has 0 saturated carbocycles. The summed E-state index contributed by atoms with van der Waals surface area (Å²) in [5.41, 5.74) is 7.31. The van der Waals surface area contributed by atoms with Gasteiger partial charge in [0, 0.05) is 15.6 Å². The smallest absolute Gasteiger partial charge is 0.0506 e. The summed E-state index contributed by atoms with van der Waals surface area (Å²) in [5.74, 6) is 0. The van der Waals surface area contributed by atoms with E-state index < -0.39 is 0 Å². The lowest BCUT2D eigenvalue weighted by atomic mass is 9.67. The number of nitrogens with zero attached hydrogens (tertiary/aromatic N) is 1. The summed E-state index contributed by atoms with van der Waals surface area (Å²) in [5, 5.41) is 0. The van der Waals surface area contributed by atoms with E-state index >= 15 is 0 Å². The van der Waals surface area contributed by atoms with Gasteiger partial charge in [0.25, 0.3) is 0 Å². The third-order valence-corrected chi connectivity index (χ3v) is 6.28. The zero-order valence-electron chi connectivity index (χ0n) is 15.6. The lowest BCUT2D eigenvalue weighted by Crippen LogP contribution is -2.34. The zero-order chi connectivity index (χ0) is 19.1. The Bertz CT molecular complexity index is 1140. The standard InChI is InChI=1S/C26H20BrN/c1-26(19-10-4-2-5-11-19)22-14-8-9-15-24(22)28(21-12-6-3-7-13-21)25-17-16-20(27)18-23(25)26/h2-18H,1H3. The minimum Gasteiger partial charge on any atom is -0.310 e. The van der Waals surface area contributed by atoms with E-state index in [1.165, 1.54) is 33.8 Å². The van der Waals surface area contributed by atoms with E-state index in [1.54, 1.807) is 0 Å². The molecular weight excluding hydrogens is 406 g/mol. The number of hydrogen-bond donors (Lipinski definition) is 0. The molecule has 1 unspecified atom stereocenters. The first kappa shape index (κ1) is 17.3. The summed E-state index contributed by atoms with van der Waals surface area (Å²) in [6.07, 6.45) is 0. The van der Waals surface area contributed by atoms with Gasteiger partial charge in [-0.2, -0.15) is 0 Å². The minimum atomic E-state index is -0.234. The number of halogens is 1. The second-order valence-electron chi connectivity index (χ2n) is 7.34. The fourth-order valence-corrected chi connectivity index (χ4v) is 4.77. The monoisotopic (exact) mass is 425 g/mol. The predicted molar refractivity (Wildman–Crippen MR) is 121 cm³/mol. The summed E-state index contributed by atoms with van der Waals surface area (Å²) >= 11 is 3.71. The Labute approximate surface area is 174 Å². The van der Waals surface area contributed by atoms with Gasteiger partial charge in [-0.15, -0.1) is 0 Å². The highest BCUT2D eigenvalue weighted by molar-refractivity contribution is 9.10. The summed E-state index contributed by atoms with van der Waals surface area (Å²) in [6, 6.07) is 36.8. The summed E-state index contributed by atoms with van der Waals surface area (Å²) < 4.78 is 1.10. The largest absolute Gasteiger partial charge is 0.310 e. The van der Waals surface area contributed by atoms with Crippen molar-refractivity contribution in [2.45, 2.75) is 12.3 Å². The average Bonchev–Trinajstić information content (AvgIpc) is 2.76. The molecule has 0 N–H and O–H groups in total. The van der Waals surface area contributed by atoms with Crippen LogP contribution in [0.5, 0.6) is 0 Å². The Hall–Kier alpha value is -2.84. The lowest BCUT2D eigenvalue weighted by Gasteiger charge is -2.44. The van der Waals surface area contributed by atoms with Gasteiger partial charge in [-0.25, -0.2) is 0 Å². The zero-order valence-corrected chi connectivity index (χ0v) is 17.2. The third kappa shape index (κ3) is 2.52. The molecule has 0 amide bonds. The van der Waals surface area contributed by atoms with Crippen molar-refractivity contribution in [3.8, 4) is 0 Å². The van der Waals surface area contributed by atoms with E-state index in [1.807, 2.05) is 0 Å². The number of para-hydroxylation sites is 2. The molecule has 0 saturated heterocycles. The minimum absolute atomic E-state index is 0.234. The Morgan fingerprint density at radius 3 is 2.00 bits per heavy atom. The van der Waals surface area contributed by atoms with E-state index in [2.05, 4.69) is 131 Å². The van der Waals surface area contributed by atoms with Crippen LogP contribution in [0, 0.1) is 0 Å². The second-order valence-corrected chi connectivity index (χ2v) is 8.26. The van der Waals surface area contributed by atoms with Gasteiger partial charge in [-0.3, -0.25) is 0 Å². The van der Waals surface area contributed by atoms with Crippen LogP contribution in [0.4, 0.5) is 17.1 Å². The Balaban J connectivity index is 1.88. The quantitative estimate of drug-likeness (QED) is 0.319. The lowest BCUT2D eigenvalue weighted by molar-refractivity contribution is 0.681. The van der Waals surface area contributed by atoms with Crippen molar-refractivity contribution in [2.24, 2.45) is 0 Å². The van der Waals surface area contributed by atoms with Crippen molar-refractivity contribution in [1.82, 2.24) is 0 Å². The van der Waals surface area contributed by atoms with Crippen LogP contribution in [0.25, 0.3) is 0 Å². The fourth-order valence-electron chi connectivity index (χ4n) is 4.41. The first-order valence-electron chi connectivity index (χ1n) is 9.50. The first-order valence-corrected chi connectivity index (χ1v) is 10.3. The Kier molecular flexibility index (Phi) is 4.10. The fraction of sp³-hybridized carbons (Fsp3) is 0.0769. The molecule has 136 valence electrons. The third-order valence-electron chi connectivity index (χ3n) is 5.79. The van der Waals surface area contributed by atoms with Gasteiger partial charge in [0.1, 0.15) is 0 Å². The van der Waals surface area contributed by atoms with Gasteiger partial charge in [0.15, 0.2) is 0 Å². The van der Waals surface area contributed by atoms with Gasteiger partial charge >= 0.3 is 0 Å². The second kappa shape index (κ2) is 6.65. The number of hydrogen-bond acceptors (Lipinski definition) is 1. The van der Waals surface area contributed by atoms with Gasteiger partial charge in [0.05, 0.1) is 11.4 Å². The van der Waals surface area contributed by atoms with Crippen LogP contribution in [0.3, 0.4) is 0 Å². The Morgan fingerprint density at radius 1 is 0.643 bits per heavy atom. The summed E-state index contributed by atoms with van der Waals surface area (Å²) in [6.45, 7) is 2.34. The maximum Gasteiger partial charge on any atom is 0.0506 e. The SMILES string of the molecule is CC1(c2ccccc2)c2ccccc2N(c2ccccc2)c2ccc(Br)cc21. The van der Waals surface area contributed by atoms with Crippen LogP contribution in [-0.4, -0.2) is 0 Å². The number of rotatable bonds is 2. The Morgan fingerprint density at radius 2 is 1.25 bits per heavy atom. The van der Waals surface area contributed by atoms with Crippen molar-refractivity contribution in [3.05, 3.63) is 124 Å². The normalized spacial score (nSPS) is 17.7. The highest BCUT2D eigenvalue weighted by Crippen LogP contribution is 2.54. The molecule has 0 bridgehead atoms.